The molecular weight excluding hydrogens is 466 g/mol. The van der Waals surface area contributed by atoms with E-state index in [1.807, 2.05) is 33.8 Å². The molecule has 0 aliphatic carbocycles. The number of anilines is 2. The number of aromatic nitrogens is 3. The van der Waals surface area contributed by atoms with Crippen LogP contribution in [-0.4, -0.2) is 41.6 Å². The van der Waals surface area contributed by atoms with Crippen molar-refractivity contribution in [1.82, 2.24) is 15.0 Å². The molecule has 0 fully saturated rings. The topological polar surface area (TPSA) is 105 Å². The quantitative estimate of drug-likeness (QED) is 0.354. The van der Waals surface area contributed by atoms with E-state index in [9.17, 15) is 13.2 Å². The molecule has 0 atom stereocenters. The van der Waals surface area contributed by atoms with Crippen LogP contribution in [0.4, 0.5) is 10.8 Å². The third-order valence-corrected chi connectivity index (χ3v) is 7.71. The fraction of sp³-hybridized carbons (Fsp3) is 0.333. The number of nitrogens with zero attached hydrogens (tertiary/aromatic N) is 4. The number of carbonyl (C=O) groups excluding carboxylic acids is 1. The molecule has 0 saturated heterocycles. The van der Waals surface area contributed by atoms with Gasteiger partial charge in [-0.25, -0.2) is 27.7 Å². The number of rotatable bonds is 9. The van der Waals surface area contributed by atoms with Crippen LogP contribution in [0.2, 0.25) is 0 Å². The van der Waals surface area contributed by atoms with E-state index in [1.165, 1.54) is 39.5 Å². The molecule has 0 unspecified atom stereocenters. The first-order valence-corrected chi connectivity index (χ1v) is 13.2. The van der Waals surface area contributed by atoms with Gasteiger partial charge in [0.1, 0.15) is 0 Å². The molecule has 0 spiro atoms. The number of thioether (sulfide) groups is 1. The van der Waals surface area contributed by atoms with Crippen LogP contribution in [0.1, 0.15) is 25.2 Å². The zero-order valence-corrected chi connectivity index (χ0v) is 20.7. The summed E-state index contributed by atoms with van der Waals surface area (Å²) in [6.07, 6.45) is 1.59. The fourth-order valence-electron chi connectivity index (χ4n) is 2.87. The second-order valence-electron chi connectivity index (χ2n) is 7.54. The number of hydrogen-bond donors (Lipinski definition) is 1. The zero-order valence-electron chi connectivity index (χ0n) is 18.3. The van der Waals surface area contributed by atoms with Crippen LogP contribution >= 0.6 is 23.1 Å². The van der Waals surface area contributed by atoms with Crippen LogP contribution < -0.4 is 9.62 Å². The van der Waals surface area contributed by atoms with Gasteiger partial charge < -0.3 is 5.32 Å². The molecule has 0 bridgehead atoms. The number of carbonyl (C=O) groups is 1. The lowest BCUT2D eigenvalue weighted by atomic mass is 10.2. The molecule has 1 N–H and O–H groups in total. The monoisotopic (exact) mass is 491 g/mol. The zero-order chi connectivity index (χ0) is 23.3. The molecule has 2 heterocycles. The van der Waals surface area contributed by atoms with E-state index in [4.69, 9.17) is 0 Å². The summed E-state index contributed by atoms with van der Waals surface area (Å²) in [5, 5.41) is 5.50. The molecule has 1 aromatic carbocycles. The molecule has 8 nitrogen and oxygen atoms in total. The van der Waals surface area contributed by atoms with Gasteiger partial charge in [0, 0.05) is 35.2 Å². The summed E-state index contributed by atoms with van der Waals surface area (Å²) >= 11 is 2.53. The highest BCUT2D eigenvalue weighted by Gasteiger charge is 2.27. The minimum absolute atomic E-state index is 0.130. The van der Waals surface area contributed by atoms with E-state index in [1.54, 1.807) is 23.7 Å². The lowest BCUT2D eigenvalue weighted by molar-refractivity contribution is -0.113. The van der Waals surface area contributed by atoms with Crippen molar-refractivity contribution in [3.05, 3.63) is 53.3 Å². The molecule has 2 aromatic heterocycles. The number of benzene rings is 1. The standard InChI is InChI=1S/C21H25N5O3S3/c1-14(2)12-26(21-22-9-10-30-21)32(28,29)18-7-5-17(6-8-18)25-19(27)13-31-20-23-15(3)11-16(4)24-20/h5-11,14H,12-13H2,1-4H3,(H,25,27). The van der Waals surface area contributed by atoms with Gasteiger partial charge in [-0.1, -0.05) is 25.6 Å². The van der Waals surface area contributed by atoms with Gasteiger partial charge in [0.15, 0.2) is 10.3 Å². The molecule has 32 heavy (non-hydrogen) atoms. The Morgan fingerprint density at radius 3 is 2.38 bits per heavy atom. The van der Waals surface area contributed by atoms with Crippen molar-refractivity contribution in [3.63, 3.8) is 0 Å². The summed E-state index contributed by atoms with van der Waals surface area (Å²) in [7, 11) is -3.77. The van der Waals surface area contributed by atoms with Crippen LogP contribution in [-0.2, 0) is 14.8 Å². The Morgan fingerprint density at radius 2 is 1.81 bits per heavy atom. The summed E-state index contributed by atoms with van der Waals surface area (Å²) in [5.41, 5.74) is 2.21. The Labute approximate surface area is 196 Å². The lowest BCUT2D eigenvalue weighted by Gasteiger charge is -2.23. The molecule has 3 rings (SSSR count). The molecule has 11 heteroatoms. The van der Waals surface area contributed by atoms with Crippen molar-refractivity contribution in [2.24, 2.45) is 5.92 Å². The minimum Gasteiger partial charge on any atom is -0.325 e. The van der Waals surface area contributed by atoms with E-state index in [2.05, 4.69) is 20.3 Å². The Kier molecular flexibility index (Phi) is 7.86. The highest BCUT2D eigenvalue weighted by Crippen LogP contribution is 2.27. The number of hydrogen-bond acceptors (Lipinski definition) is 8. The van der Waals surface area contributed by atoms with Crippen LogP contribution in [0.3, 0.4) is 0 Å². The van der Waals surface area contributed by atoms with Crippen LogP contribution in [0.25, 0.3) is 0 Å². The van der Waals surface area contributed by atoms with E-state index in [-0.39, 0.29) is 22.5 Å². The van der Waals surface area contributed by atoms with Crippen molar-refractivity contribution in [1.29, 1.82) is 0 Å². The summed E-state index contributed by atoms with van der Waals surface area (Å²) in [6.45, 7) is 7.99. The second kappa shape index (κ2) is 10.4. The molecule has 0 radical (unpaired) electrons. The largest absolute Gasteiger partial charge is 0.325 e. The Balaban J connectivity index is 1.67. The highest BCUT2D eigenvalue weighted by molar-refractivity contribution is 7.99. The van der Waals surface area contributed by atoms with Gasteiger partial charge in [0.2, 0.25) is 5.91 Å². The van der Waals surface area contributed by atoms with Crippen molar-refractivity contribution >= 4 is 49.8 Å². The maximum Gasteiger partial charge on any atom is 0.266 e. The first-order chi connectivity index (χ1) is 15.1. The summed E-state index contributed by atoms with van der Waals surface area (Å²) in [4.78, 5) is 25.2. The molecular formula is C21H25N5O3S3. The smallest absolute Gasteiger partial charge is 0.266 e. The molecule has 0 saturated carbocycles. The predicted molar refractivity (Wildman–Crippen MR) is 129 cm³/mol. The predicted octanol–water partition coefficient (Wildman–Crippen LogP) is 4.13. The van der Waals surface area contributed by atoms with Crippen molar-refractivity contribution in [3.8, 4) is 0 Å². The summed E-state index contributed by atoms with van der Waals surface area (Å²) < 4.78 is 27.7. The van der Waals surface area contributed by atoms with E-state index < -0.39 is 10.0 Å². The van der Waals surface area contributed by atoms with Gasteiger partial charge in [0.05, 0.1) is 10.6 Å². The van der Waals surface area contributed by atoms with Gasteiger partial charge in [-0.3, -0.25) is 4.79 Å². The third kappa shape index (κ3) is 6.27. The summed E-state index contributed by atoms with van der Waals surface area (Å²) in [6, 6.07) is 8.02. The Hall–Kier alpha value is -2.50. The number of nitrogens with one attached hydrogen (secondary N) is 1. The first kappa shape index (κ1) is 24.1. The van der Waals surface area contributed by atoms with Crippen molar-refractivity contribution < 1.29 is 13.2 Å². The first-order valence-electron chi connectivity index (χ1n) is 9.92. The van der Waals surface area contributed by atoms with Gasteiger partial charge in [0.25, 0.3) is 10.0 Å². The van der Waals surface area contributed by atoms with Crippen molar-refractivity contribution in [2.45, 2.75) is 37.7 Å². The summed E-state index contributed by atoms with van der Waals surface area (Å²) in [5.74, 6) is 0.0540. The molecule has 3 aromatic rings. The number of aryl methyl sites for hydroxylation is 2. The number of thiazole rings is 1. The average Bonchev–Trinajstić information content (AvgIpc) is 3.24. The highest BCUT2D eigenvalue weighted by atomic mass is 32.2. The molecule has 0 aliphatic heterocycles. The average molecular weight is 492 g/mol. The van der Waals surface area contributed by atoms with E-state index in [0.717, 1.165) is 11.4 Å². The van der Waals surface area contributed by atoms with Crippen molar-refractivity contribution in [2.75, 3.05) is 21.9 Å². The normalized spacial score (nSPS) is 11.5. The van der Waals surface area contributed by atoms with Crippen LogP contribution in [0.5, 0.6) is 0 Å². The van der Waals surface area contributed by atoms with E-state index >= 15 is 0 Å². The van der Waals surface area contributed by atoms with Gasteiger partial charge >= 0.3 is 0 Å². The SMILES string of the molecule is Cc1cc(C)nc(SCC(=O)Nc2ccc(S(=O)(=O)N(CC(C)C)c3nccs3)cc2)n1. The van der Waals surface area contributed by atoms with Gasteiger partial charge in [-0.05, 0) is 50.1 Å². The minimum atomic E-state index is -3.77. The lowest BCUT2D eigenvalue weighted by Crippen LogP contribution is -2.34. The fourth-order valence-corrected chi connectivity index (χ4v) is 6.08. The second-order valence-corrected chi connectivity index (χ2v) is 11.2. The van der Waals surface area contributed by atoms with Crippen LogP contribution in [0.15, 0.2) is 52.0 Å². The Morgan fingerprint density at radius 1 is 1.16 bits per heavy atom. The number of amides is 1. The van der Waals surface area contributed by atoms with E-state index in [0.29, 0.717) is 22.5 Å². The third-order valence-electron chi connectivity index (χ3n) is 4.18. The maximum atomic E-state index is 13.2. The van der Waals surface area contributed by atoms with Crippen LogP contribution in [0, 0.1) is 19.8 Å². The van der Waals surface area contributed by atoms with Gasteiger partial charge in [-0.2, -0.15) is 0 Å². The molecule has 170 valence electrons. The molecule has 1 amide bonds. The Bertz CT molecular complexity index is 1140. The maximum absolute atomic E-state index is 13.2. The number of sulfonamides is 1. The molecule has 0 aliphatic rings. The van der Waals surface area contributed by atoms with Gasteiger partial charge in [-0.15, -0.1) is 11.3 Å².